The van der Waals surface area contributed by atoms with Gasteiger partial charge in [-0.1, -0.05) is 12.8 Å². The van der Waals surface area contributed by atoms with E-state index >= 15 is 0 Å². The van der Waals surface area contributed by atoms with E-state index in [-0.39, 0.29) is 0 Å². The predicted molar refractivity (Wildman–Crippen MR) is 68.8 cm³/mol. The SMILES string of the molecule is CC(C1CCCC1)n1cncc1CNC1CC1. The maximum atomic E-state index is 4.34. The molecule has 3 rings (SSSR count). The smallest absolute Gasteiger partial charge is 0.0951 e. The van der Waals surface area contributed by atoms with Crippen LogP contribution in [-0.2, 0) is 6.54 Å². The Balaban J connectivity index is 1.65. The van der Waals surface area contributed by atoms with Crippen molar-refractivity contribution < 1.29 is 0 Å². The van der Waals surface area contributed by atoms with Crippen molar-refractivity contribution in [1.82, 2.24) is 14.9 Å². The highest BCUT2D eigenvalue weighted by Gasteiger charge is 2.25. The van der Waals surface area contributed by atoms with Crippen molar-refractivity contribution >= 4 is 0 Å². The second kappa shape index (κ2) is 4.81. The second-order valence-corrected chi connectivity index (χ2v) is 5.73. The first-order valence-corrected chi connectivity index (χ1v) is 7.08. The highest BCUT2D eigenvalue weighted by Crippen LogP contribution is 2.34. The van der Waals surface area contributed by atoms with Gasteiger partial charge in [0.25, 0.3) is 0 Å². The number of imidazole rings is 1. The third-order valence-corrected chi connectivity index (χ3v) is 4.42. The standard InChI is InChI=1S/C14H23N3/c1-11(12-4-2-3-5-12)17-10-15-8-14(17)9-16-13-6-7-13/h8,10-13,16H,2-7,9H2,1H3. The van der Waals surface area contributed by atoms with Crippen LogP contribution in [0.4, 0.5) is 0 Å². The molecule has 0 aliphatic heterocycles. The van der Waals surface area contributed by atoms with Crippen molar-refractivity contribution in [3.8, 4) is 0 Å². The molecule has 17 heavy (non-hydrogen) atoms. The fraction of sp³-hybridized carbons (Fsp3) is 0.786. The summed E-state index contributed by atoms with van der Waals surface area (Å²) in [7, 11) is 0. The summed E-state index contributed by atoms with van der Waals surface area (Å²) in [5.74, 6) is 0.865. The molecule has 1 heterocycles. The minimum absolute atomic E-state index is 0.621. The van der Waals surface area contributed by atoms with Crippen molar-refractivity contribution in [2.75, 3.05) is 0 Å². The lowest BCUT2D eigenvalue weighted by Gasteiger charge is -2.22. The molecular formula is C14H23N3. The Hall–Kier alpha value is -0.830. The topological polar surface area (TPSA) is 29.9 Å². The molecule has 1 N–H and O–H groups in total. The van der Waals surface area contributed by atoms with E-state index in [1.807, 2.05) is 12.5 Å². The van der Waals surface area contributed by atoms with Gasteiger partial charge in [0.05, 0.1) is 12.0 Å². The molecule has 1 unspecified atom stereocenters. The fourth-order valence-electron chi connectivity index (χ4n) is 3.04. The van der Waals surface area contributed by atoms with Crippen molar-refractivity contribution in [3.05, 3.63) is 18.2 Å². The average Bonchev–Trinajstić information content (AvgIpc) is 2.86. The maximum Gasteiger partial charge on any atom is 0.0951 e. The van der Waals surface area contributed by atoms with Crippen LogP contribution in [0.3, 0.4) is 0 Å². The largest absolute Gasteiger partial charge is 0.330 e. The normalized spacial score (nSPS) is 23.1. The molecule has 94 valence electrons. The van der Waals surface area contributed by atoms with Gasteiger partial charge in [0.1, 0.15) is 0 Å². The highest BCUT2D eigenvalue weighted by molar-refractivity contribution is 5.02. The number of hydrogen-bond donors (Lipinski definition) is 1. The molecule has 2 fully saturated rings. The van der Waals surface area contributed by atoms with Gasteiger partial charge in [0.15, 0.2) is 0 Å². The Morgan fingerprint density at radius 3 is 2.82 bits per heavy atom. The quantitative estimate of drug-likeness (QED) is 0.847. The molecule has 1 aromatic rings. The van der Waals surface area contributed by atoms with Crippen LogP contribution >= 0.6 is 0 Å². The molecule has 1 aromatic heterocycles. The van der Waals surface area contributed by atoms with Crippen LogP contribution in [0.15, 0.2) is 12.5 Å². The van der Waals surface area contributed by atoms with E-state index in [9.17, 15) is 0 Å². The molecule has 0 spiro atoms. The lowest BCUT2D eigenvalue weighted by atomic mass is 9.99. The van der Waals surface area contributed by atoms with Gasteiger partial charge in [-0.3, -0.25) is 0 Å². The maximum absolute atomic E-state index is 4.34. The summed E-state index contributed by atoms with van der Waals surface area (Å²) < 4.78 is 2.39. The van der Waals surface area contributed by atoms with E-state index in [0.29, 0.717) is 6.04 Å². The molecule has 0 aromatic carbocycles. The lowest BCUT2D eigenvalue weighted by Crippen LogP contribution is -2.21. The lowest BCUT2D eigenvalue weighted by molar-refractivity contribution is 0.351. The van der Waals surface area contributed by atoms with E-state index in [4.69, 9.17) is 0 Å². The Morgan fingerprint density at radius 1 is 1.35 bits per heavy atom. The molecular weight excluding hydrogens is 210 g/mol. The molecule has 2 aliphatic carbocycles. The second-order valence-electron chi connectivity index (χ2n) is 5.73. The van der Waals surface area contributed by atoms with Crippen LogP contribution in [-0.4, -0.2) is 15.6 Å². The molecule has 3 heteroatoms. The Morgan fingerprint density at radius 2 is 2.12 bits per heavy atom. The van der Waals surface area contributed by atoms with Gasteiger partial charge in [0, 0.05) is 24.8 Å². The predicted octanol–water partition coefficient (Wildman–Crippen LogP) is 2.89. The third kappa shape index (κ3) is 2.54. The first-order valence-electron chi connectivity index (χ1n) is 7.08. The van der Waals surface area contributed by atoms with Crippen molar-refractivity contribution in [2.24, 2.45) is 5.92 Å². The van der Waals surface area contributed by atoms with Crippen molar-refractivity contribution in [2.45, 2.75) is 64.1 Å². The van der Waals surface area contributed by atoms with Crippen molar-refractivity contribution in [1.29, 1.82) is 0 Å². The van der Waals surface area contributed by atoms with E-state index in [1.54, 1.807) is 0 Å². The van der Waals surface area contributed by atoms with E-state index in [0.717, 1.165) is 18.5 Å². The zero-order chi connectivity index (χ0) is 11.7. The molecule has 1 atom stereocenters. The van der Waals surface area contributed by atoms with Crippen LogP contribution in [0, 0.1) is 5.92 Å². The van der Waals surface area contributed by atoms with Crippen LogP contribution < -0.4 is 5.32 Å². The summed E-state index contributed by atoms with van der Waals surface area (Å²) in [4.78, 5) is 4.34. The Labute approximate surface area is 104 Å². The number of aromatic nitrogens is 2. The van der Waals surface area contributed by atoms with Gasteiger partial charge in [-0.05, 0) is 38.5 Å². The number of rotatable bonds is 5. The van der Waals surface area contributed by atoms with Gasteiger partial charge in [-0.25, -0.2) is 4.98 Å². The minimum atomic E-state index is 0.621. The van der Waals surface area contributed by atoms with Crippen LogP contribution in [0.2, 0.25) is 0 Å². The highest BCUT2D eigenvalue weighted by atomic mass is 15.1. The summed E-state index contributed by atoms with van der Waals surface area (Å²) >= 11 is 0. The Bertz CT molecular complexity index is 361. The average molecular weight is 233 g/mol. The molecule has 0 amide bonds. The van der Waals surface area contributed by atoms with Crippen LogP contribution in [0.25, 0.3) is 0 Å². The zero-order valence-corrected chi connectivity index (χ0v) is 10.7. The molecule has 3 nitrogen and oxygen atoms in total. The summed E-state index contributed by atoms with van der Waals surface area (Å²) in [6.07, 6.45) is 12.4. The summed E-state index contributed by atoms with van der Waals surface area (Å²) in [5.41, 5.74) is 1.36. The molecule has 0 bridgehead atoms. The third-order valence-electron chi connectivity index (χ3n) is 4.42. The summed E-state index contributed by atoms with van der Waals surface area (Å²) in [6, 6.07) is 1.40. The van der Waals surface area contributed by atoms with E-state index in [2.05, 4.69) is 21.8 Å². The van der Waals surface area contributed by atoms with Gasteiger partial charge in [-0.2, -0.15) is 0 Å². The fourth-order valence-corrected chi connectivity index (χ4v) is 3.04. The minimum Gasteiger partial charge on any atom is -0.330 e. The molecule has 0 radical (unpaired) electrons. The van der Waals surface area contributed by atoms with Crippen molar-refractivity contribution in [3.63, 3.8) is 0 Å². The first kappa shape index (κ1) is 11.3. The molecule has 2 aliphatic rings. The van der Waals surface area contributed by atoms with Gasteiger partial charge < -0.3 is 9.88 Å². The Kier molecular flexibility index (Phi) is 3.19. The van der Waals surface area contributed by atoms with Crippen LogP contribution in [0.5, 0.6) is 0 Å². The summed E-state index contributed by atoms with van der Waals surface area (Å²) in [6.45, 7) is 3.35. The number of nitrogens with one attached hydrogen (secondary N) is 1. The zero-order valence-electron chi connectivity index (χ0n) is 10.7. The molecule has 2 saturated carbocycles. The molecule has 0 saturated heterocycles. The first-order chi connectivity index (χ1) is 8.34. The van der Waals surface area contributed by atoms with Gasteiger partial charge >= 0.3 is 0 Å². The van der Waals surface area contributed by atoms with E-state index in [1.165, 1.54) is 44.2 Å². The number of hydrogen-bond acceptors (Lipinski definition) is 2. The van der Waals surface area contributed by atoms with E-state index < -0.39 is 0 Å². The van der Waals surface area contributed by atoms with Gasteiger partial charge in [0.2, 0.25) is 0 Å². The summed E-state index contributed by atoms with van der Waals surface area (Å²) in [5, 5.41) is 3.58. The van der Waals surface area contributed by atoms with Crippen LogP contribution in [0.1, 0.15) is 57.2 Å². The van der Waals surface area contributed by atoms with Gasteiger partial charge in [-0.15, -0.1) is 0 Å². The number of nitrogens with zero attached hydrogens (tertiary/aromatic N) is 2. The monoisotopic (exact) mass is 233 g/mol.